The van der Waals surface area contributed by atoms with Crippen LogP contribution in [0.1, 0.15) is 69.8 Å². The third-order valence-corrected chi connectivity index (χ3v) is 7.84. The molecule has 4 heterocycles. The fraction of sp³-hybridized carbons (Fsp3) is 0.731. The molecule has 1 saturated carbocycles. The Morgan fingerprint density at radius 2 is 1.86 bits per heavy atom. The highest BCUT2D eigenvalue weighted by molar-refractivity contribution is 5.86. The number of nitrogens with zero attached hydrogens (tertiary/aromatic N) is 4. The first kappa shape index (κ1) is 26.4. The molecular formula is C26H36F3N5O3. The van der Waals surface area contributed by atoms with Crippen molar-refractivity contribution in [3.8, 4) is 5.88 Å². The number of aliphatic hydroxyl groups excluding tert-OH is 1. The summed E-state index contributed by atoms with van der Waals surface area (Å²) in [6.07, 6.45) is 3.74. The standard InChI is InChI=1S/C26H36F3N5O3/c1-16(12-26(27,28)29)32-25-31-14-22-23(33-25)21(17-2-4-19(35)5-3-17)13-30-24(22)37-20-6-9-34(10-7-20)18-8-11-36-15-18/h13-14,16-20,35H,2-12,15H2,1H3,(H,31,32,33)/t16-,17-,18-,19-/m0/s1. The lowest BCUT2D eigenvalue weighted by atomic mass is 9.83. The summed E-state index contributed by atoms with van der Waals surface area (Å²) in [6, 6.07) is -0.369. The maximum Gasteiger partial charge on any atom is 0.391 e. The van der Waals surface area contributed by atoms with Crippen molar-refractivity contribution in [3.05, 3.63) is 18.0 Å². The number of alkyl halides is 3. The lowest BCUT2D eigenvalue weighted by Crippen LogP contribution is -2.44. The van der Waals surface area contributed by atoms with Crippen LogP contribution in [0.5, 0.6) is 5.88 Å². The summed E-state index contributed by atoms with van der Waals surface area (Å²) in [5, 5.41) is 13.4. The molecule has 0 amide bonds. The summed E-state index contributed by atoms with van der Waals surface area (Å²) in [5.74, 6) is 0.789. The Kier molecular flexibility index (Phi) is 8.02. The molecule has 0 unspecified atom stereocenters. The van der Waals surface area contributed by atoms with Crippen molar-refractivity contribution >= 4 is 16.9 Å². The molecule has 0 aromatic carbocycles. The van der Waals surface area contributed by atoms with E-state index in [-0.39, 0.29) is 24.1 Å². The maximum atomic E-state index is 12.9. The number of anilines is 1. The third kappa shape index (κ3) is 6.61. The summed E-state index contributed by atoms with van der Waals surface area (Å²) < 4.78 is 50.5. The molecular weight excluding hydrogens is 487 g/mol. The quantitative estimate of drug-likeness (QED) is 0.551. The van der Waals surface area contributed by atoms with E-state index >= 15 is 0 Å². The van der Waals surface area contributed by atoms with Crippen molar-refractivity contribution in [3.63, 3.8) is 0 Å². The summed E-state index contributed by atoms with van der Waals surface area (Å²) in [5.41, 5.74) is 1.59. The minimum absolute atomic E-state index is 0.0227. The molecule has 2 aliphatic heterocycles. The summed E-state index contributed by atoms with van der Waals surface area (Å²) in [7, 11) is 0. The monoisotopic (exact) mass is 523 g/mol. The summed E-state index contributed by atoms with van der Waals surface area (Å²) >= 11 is 0. The molecule has 0 spiro atoms. The first-order valence-electron chi connectivity index (χ1n) is 13.4. The van der Waals surface area contributed by atoms with Crippen LogP contribution in [-0.2, 0) is 4.74 Å². The van der Waals surface area contributed by atoms with Crippen molar-refractivity contribution in [2.75, 3.05) is 31.6 Å². The van der Waals surface area contributed by atoms with Crippen LogP contribution < -0.4 is 10.1 Å². The molecule has 2 aromatic rings. The molecule has 2 atom stereocenters. The Hall–Kier alpha value is -2.24. The number of hydrogen-bond donors (Lipinski definition) is 2. The summed E-state index contributed by atoms with van der Waals surface area (Å²) in [4.78, 5) is 16.1. The second kappa shape index (κ2) is 11.2. The van der Waals surface area contributed by atoms with Gasteiger partial charge in [0.1, 0.15) is 6.10 Å². The number of aromatic nitrogens is 3. The normalized spacial score (nSPS) is 26.9. The van der Waals surface area contributed by atoms with E-state index in [4.69, 9.17) is 9.47 Å². The lowest BCUT2D eigenvalue weighted by molar-refractivity contribution is -0.136. The molecule has 2 aromatic heterocycles. The van der Waals surface area contributed by atoms with Gasteiger partial charge in [0.2, 0.25) is 11.8 Å². The number of likely N-dealkylation sites (tertiary alicyclic amines) is 1. The fourth-order valence-electron chi connectivity index (χ4n) is 5.81. The number of hydrogen-bond acceptors (Lipinski definition) is 8. The third-order valence-electron chi connectivity index (χ3n) is 7.84. The average Bonchev–Trinajstić information content (AvgIpc) is 3.39. The van der Waals surface area contributed by atoms with Gasteiger partial charge in [-0.25, -0.2) is 15.0 Å². The van der Waals surface area contributed by atoms with Gasteiger partial charge in [-0.15, -0.1) is 0 Å². The van der Waals surface area contributed by atoms with E-state index in [1.807, 2.05) is 0 Å². The molecule has 8 nitrogen and oxygen atoms in total. The van der Waals surface area contributed by atoms with Gasteiger partial charge < -0.3 is 19.9 Å². The van der Waals surface area contributed by atoms with Gasteiger partial charge in [-0.05, 0) is 57.8 Å². The first-order valence-corrected chi connectivity index (χ1v) is 13.4. The highest BCUT2D eigenvalue weighted by atomic mass is 19.4. The van der Waals surface area contributed by atoms with E-state index in [0.717, 1.165) is 64.0 Å². The fourth-order valence-corrected chi connectivity index (χ4v) is 5.81. The average molecular weight is 524 g/mol. The van der Waals surface area contributed by atoms with E-state index in [9.17, 15) is 18.3 Å². The van der Waals surface area contributed by atoms with Gasteiger partial charge in [-0.2, -0.15) is 13.2 Å². The molecule has 2 saturated heterocycles. The van der Waals surface area contributed by atoms with E-state index < -0.39 is 18.6 Å². The van der Waals surface area contributed by atoms with Gasteiger partial charge >= 0.3 is 6.18 Å². The second-order valence-corrected chi connectivity index (χ2v) is 10.7. The molecule has 2 N–H and O–H groups in total. The zero-order valence-electron chi connectivity index (χ0n) is 21.2. The van der Waals surface area contributed by atoms with Crippen molar-refractivity contribution in [2.45, 2.75) is 94.7 Å². The molecule has 204 valence electrons. The Balaban J connectivity index is 1.36. The van der Waals surface area contributed by atoms with Crippen LogP contribution >= 0.6 is 0 Å². The zero-order chi connectivity index (χ0) is 26.0. The van der Waals surface area contributed by atoms with Gasteiger partial charge in [0.25, 0.3) is 0 Å². The lowest BCUT2D eigenvalue weighted by Gasteiger charge is -2.35. The first-order chi connectivity index (χ1) is 17.7. The number of aliphatic hydroxyl groups is 1. The Morgan fingerprint density at radius 3 is 2.54 bits per heavy atom. The minimum atomic E-state index is -4.28. The van der Waals surface area contributed by atoms with Crippen LogP contribution in [0, 0.1) is 0 Å². The van der Waals surface area contributed by atoms with Crippen molar-refractivity contribution < 1.29 is 27.8 Å². The van der Waals surface area contributed by atoms with Gasteiger partial charge in [-0.3, -0.25) is 4.90 Å². The molecule has 3 aliphatic rings. The predicted octanol–water partition coefficient (Wildman–Crippen LogP) is 4.43. The van der Waals surface area contributed by atoms with Crippen molar-refractivity contribution in [2.24, 2.45) is 0 Å². The van der Waals surface area contributed by atoms with Crippen LogP contribution in [0.4, 0.5) is 19.1 Å². The molecule has 3 fully saturated rings. The minimum Gasteiger partial charge on any atom is -0.474 e. The zero-order valence-corrected chi connectivity index (χ0v) is 21.2. The van der Waals surface area contributed by atoms with Crippen LogP contribution in [0.2, 0.25) is 0 Å². The number of halogens is 3. The number of rotatable bonds is 7. The summed E-state index contributed by atoms with van der Waals surface area (Å²) in [6.45, 7) is 4.99. The molecule has 0 bridgehead atoms. The number of nitrogens with one attached hydrogen (secondary N) is 1. The predicted molar refractivity (Wildman–Crippen MR) is 133 cm³/mol. The Morgan fingerprint density at radius 1 is 1.11 bits per heavy atom. The molecule has 1 aliphatic carbocycles. The SMILES string of the molecule is C[C@@H](CC(F)(F)F)Nc1ncc2c(OC3CCN([C@H]4CCOC4)CC3)ncc([C@H]3CC[C@H](O)CC3)c2n1. The van der Waals surface area contributed by atoms with E-state index in [1.54, 1.807) is 12.4 Å². The molecule has 37 heavy (non-hydrogen) atoms. The number of fused-ring (bicyclic) bond motifs is 1. The smallest absolute Gasteiger partial charge is 0.391 e. The van der Waals surface area contributed by atoms with Crippen LogP contribution in [-0.4, -0.2) is 81.7 Å². The highest BCUT2D eigenvalue weighted by Crippen LogP contribution is 2.38. The van der Waals surface area contributed by atoms with E-state index in [1.165, 1.54) is 6.92 Å². The number of ether oxygens (including phenoxy) is 2. The van der Waals surface area contributed by atoms with Crippen LogP contribution in [0.15, 0.2) is 12.4 Å². The number of piperidine rings is 1. The number of pyridine rings is 1. The maximum absolute atomic E-state index is 12.9. The van der Waals surface area contributed by atoms with Gasteiger partial charge in [0, 0.05) is 49.7 Å². The Labute approximate surface area is 215 Å². The topological polar surface area (TPSA) is 92.6 Å². The van der Waals surface area contributed by atoms with Crippen molar-refractivity contribution in [1.82, 2.24) is 19.9 Å². The van der Waals surface area contributed by atoms with Gasteiger partial charge in [0.05, 0.1) is 30.0 Å². The molecule has 0 radical (unpaired) electrons. The van der Waals surface area contributed by atoms with E-state index in [0.29, 0.717) is 35.7 Å². The molecule has 5 rings (SSSR count). The Bertz CT molecular complexity index is 1050. The largest absolute Gasteiger partial charge is 0.474 e. The van der Waals surface area contributed by atoms with Gasteiger partial charge in [-0.1, -0.05) is 0 Å². The van der Waals surface area contributed by atoms with Crippen LogP contribution in [0.25, 0.3) is 10.9 Å². The highest BCUT2D eigenvalue weighted by Gasteiger charge is 2.32. The van der Waals surface area contributed by atoms with Crippen molar-refractivity contribution in [1.29, 1.82) is 0 Å². The van der Waals surface area contributed by atoms with Crippen LogP contribution in [0.3, 0.4) is 0 Å². The second-order valence-electron chi connectivity index (χ2n) is 10.7. The molecule has 11 heteroatoms. The van der Waals surface area contributed by atoms with Gasteiger partial charge in [0.15, 0.2) is 0 Å². The van der Waals surface area contributed by atoms with E-state index in [2.05, 4.69) is 25.2 Å².